The first kappa shape index (κ1) is 10.8. The van der Waals surface area contributed by atoms with Crippen molar-refractivity contribution in [3.63, 3.8) is 0 Å². The fraction of sp³-hybridized carbons (Fsp3) is 0. The van der Waals surface area contributed by atoms with Crippen molar-refractivity contribution in [2.45, 2.75) is 0 Å². The lowest BCUT2D eigenvalue weighted by molar-refractivity contribution is 1.16. The monoisotopic (exact) mass is 306 g/mol. The van der Waals surface area contributed by atoms with Gasteiger partial charge < -0.3 is 0 Å². The van der Waals surface area contributed by atoms with Crippen molar-refractivity contribution >= 4 is 33.0 Å². The number of imidazole rings is 1. The maximum Gasteiger partial charge on any atom is 0.146 e. The van der Waals surface area contributed by atoms with Crippen LogP contribution in [0.4, 0.5) is 0 Å². The van der Waals surface area contributed by atoms with E-state index in [1.54, 1.807) is 0 Å². The Bertz CT molecular complexity index is 691. The molecule has 0 atom stereocenters. The molecule has 3 aromatic rings. The third-order valence-electron chi connectivity index (χ3n) is 2.62. The number of fused-ring (bicyclic) bond motifs is 1. The smallest absolute Gasteiger partial charge is 0.146 e. The van der Waals surface area contributed by atoms with Gasteiger partial charge in [-0.2, -0.15) is 0 Å². The second kappa shape index (κ2) is 4.17. The molecule has 84 valence electrons. The van der Waals surface area contributed by atoms with E-state index in [0.29, 0.717) is 5.15 Å². The minimum atomic E-state index is 0.658. The van der Waals surface area contributed by atoms with Gasteiger partial charge in [0.2, 0.25) is 0 Å². The summed E-state index contributed by atoms with van der Waals surface area (Å²) in [5.74, 6) is 0.845. The summed E-state index contributed by atoms with van der Waals surface area (Å²) in [7, 11) is 0. The second-order valence-electron chi connectivity index (χ2n) is 3.67. The quantitative estimate of drug-likeness (QED) is 0.608. The zero-order valence-electron chi connectivity index (χ0n) is 8.77. The van der Waals surface area contributed by atoms with Crippen LogP contribution < -0.4 is 0 Å². The molecular weight excluding hydrogens is 300 g/mol. The zero-order valence-corrected chi connectivity index (χ0v) is 11.1. The predicted octanol–water partition coefficient (Wildman–Crippen LogP) is 4.42. The van der Waals surface area contributed by atoms with Crippen LogP contribution in [-0.2, 0) is 0 Å². The lowest BCUT2D eigenvalue weighted by atomic mass is 10.2. The van der Waals surface area contributed by atoms with Crippen molar-refractivity contribution in [3.05, 3.63) is 58.3 Å². The molecule has 0 aliphatic carbocycles. The molecule has 1 aromatic carbocycles. The van der Waals surface area contributed by atoms with Gasteiger partial charge in [0.05, 0.1) is 11.7 Å². The average molecular weight is 308 g/mol. The molecule has 0 aliphatic rings. The summed E-state index contributed by atoms with van der Waals surface area (Å²) < 4.78 is 2.94. The van der Waals surface area contributed by atoms with E-state index < -0.39 is 0 Å². The molecule has 0 bridgehead atoms. The van der Waals surface area contributed by atoms with Gasteiger partial charge in [0.1, 0.15) is 11.0 Å². The van der Waals surface area contributed by atoms with E-state index in [9.17, 15) is 0 Å². The molecule has 0 saturated carbocycles. The molecule has 0 fully saturated rings. The average Bonchev–Trinajstić information content (AvgIpc) is 2.75. The third-order valence-corrected chi connectivity index (χ3v) is 3.60. The highest BCUT2D eigenvalue weighted by Gasteiger charge is 2.10. The van der Waals surface area contributed by atoms with Crippen molar-refractivity contribution in [1.29, 1.82) is 0 Å². The summed E-state index contributed by atoms with van der Waals surface area (Å²) in [5.41, 5.74) is 2.02. The summed E-state index contributed by atoms with van der Waals surface area (Å²) in [6.07, 6.45) is 1.82. The summed E-state index contributed by atoms with van der Waals surface area (Å²) in [4.78, 5) is 4.44. The Morgan fingerprint density at radius 2 is 1.88 bits per heavy atom. The van der Waals surface area contributed by atoms with Gasteiger partial charge >= 0.3 is 0 Å². The molecule has 0 spiro atoms. The molecule has 0 radical (unpaired) electrons. The number of halogens is 2. The van der Waals surface area contributed by atoms with Crippen LogP contribution in [0.1, 0.15) is 0 Å². The molecule has 0 saturated heterocycles. The maximum atomic E-state index is 6.21. The Balaban J connectivity index is 2.36. The van der Waals surface area contributed by atoms with E-state index in [-0.39, 0.29) is 0 Å². The van der Waals surface area contributed by atoms with Crippen LogP contribution in [0.25, 0.3) is 16.9 Å². The fourth-order valence-corrected chi connectivity index (χ4v) is 2.55. The molecular formula is C13H8BrClN2. The molecule has 17 heavy (non-hydrogen) atoms. The Morgan fingerprint density at radius 1 is 1.06 bits per heavy atom. The normalized spacial score (nSPS) is 10.9. The number of benzene rings is 1. The Morgan fingerprint density at radius 3 is 2.71 bits per heavy atom. The van der Waals surface area contributed by atoms with Crippen LogP contribution in [0.15, 0.2) is 53.1 Å². The highest BCUT2D eigenvalue weighted by atomic mass is 79.9. The van der Waals surface area contributed by atoms with Crippen molar-refractivity contribution in [2.75, 3.05) is 0 Å². The zero-order chi connectivity index (χ0) is 11.8. The van der Waals surface area contributed by atoms with E-state index >= 15 is 0 Å². The first-order valence-corrected chi connectivity index (χ1v) is 6.31. The van der Waals surface area contributed by atoms with Crippen LogP contribution in [0.3, 0.4) is 0 Å². The van der Waals surface area contributed by atoms with Gasteiger partial charge in [-0.15, -0.1) is 0 Å². The van der Waals surface area contributed by atoms with E-state index in [1.807, 2.05) is 53.1 Å². The second-order valence-corrected chi connectivity index (χ2v) is 4.91. The Kier molecular flexibility index (Phi) is 2.65. The standard InChI is InChI=1S/C13H8BrClN2/c14-11-6-2-1-5-10(11)13-16-8-9-4-3-7-12(15)17(9)13/h1-8H. The van der Waals surface area contributed by atoms with Crippen molar-refractivity contribution < 1.29 is 0 Å². The minimum Gasteiger partial charge on any atom is -0.283 e. The number of rotatable bonds is 1. The van der Waals surface area contributed by atoms with Gasteiger partial charge in [0.25, 0.3) is 0 Å². The minimum absolute atomic E-state index is 0.658. The lowest BCUT2D eigenvalue weighted by Gasteiger charge is -2.05. The van der Waals surface area contributed by atoms with Crippen molar-refractivity contribution in [1.82, 2.24) is 9.38 Å². The molecule has 2 nitrogen and oxygen atoms in total. The number of hydrogen-bond donors (Lipinski definition) is 0. The SMILES string of the molecule is Clc1cccc2cnc(-c3ccccc3Br)n12. The first-order valence-electron chi connectivity index (χ1n) is 5.14. The van der Waals surface area contributed by atoms with E-state index in [2.05, 4.69) is 20.9 Å². The number of hydrogen-bond acceptors (Lipinski definition) is 1. The molecule has 0 amide bonds. The Labute approximate surface area is 112 Å². The van der Waals surface area contributed by atoms with Gasteiger partial charge in [-0.3, -0.25) is 4.40 Å². The third kappa shape index (κ3) is 1.75. The van der Waals surface area contributed by atoms with E-state index in [4.69, 9.17) is 11.6 Å². The van der Waals surface area contributed by atoms with Crippen LogP contribution >= 0.6 is 27.5 Å². The largest absolute Gasteiger partial charge is 0.283 e. The van der Waals surface area contributed by atoms with Crippen LogP contribution in [0.2, 0.25) is 5.15 Å². The maximum absolute atomic E-state index is 6.21. The van der Waals surface area contributed by atoms with Gasteiger partial charge in [0.15, 0.2) is 0 Å². The highest BCUT2D eigenvalue weighted by Crippen LogP contribution is 2.29. The molecule has 0 unspecified atom stereocenters. The lowest BCUT2D eigenvalue weighted by Crippen LogP contribution is -1.91. The summed E-state index contributed by atoms with van der Waals surface area (Å²) >= 11 is 9.75. The van der Waals surface area contributed by atoms with E-state index in [0.717, 1.165) is 21.4 Å². The molecule has 0 aliphatic heterocycles. The highest BCUT2D eigenvalue weighted by molar-refractivity contribution is 9.10. The molecule has 4 heteroatoms. The summed E-state index contributed by atoms with van der Waals surface area (Å²) in [5, 5.41) is 0.658. The van der Waals surface area contributed by atoms with Crippen molar-refractivity contribution in [3.8, 4) is 11.4 Å². The number of pyridine rings is 1. The van der Waals surface area contributed by atoms with Gasteiger partial charge in [-0.05, 0) is 18.2 Å². The Hall–Kier alpha value is -1.32. The fourth-order valence-electron chi connectivity index (χ4n) is 1.84. The first-order chi connectivity index (χ1) is 8.27. The van der Waals surface area contributed by atoms with Crippen LogP contribution in [0.5, 0.6) is 0 Å². The molecule has 2 aromatic heterocycles. The molecule has 0 N–H and O–H groups in total. The van der Waals surface area contributed by atoms with Gasteiger partial charge in [-0.25, -0.2) is 4.98 Å². The summed E-state index contributed by atoms with van der Waals surface area (Å²) in [6.45, 7) is 0. The molecule has 2 heterocycles. The number of aromatic nitrogens is 2. The van der Waals surface area contributed by atoms with Crippen molar-refractivity contribution in [2.24, 2.45) is 0 Å². The van der Waals surface area contributed by atoms with Crippen LogP contribution in [0, 0.1) is 0 Å². The summed E-state index contributed by atoms with van der Waals surface area (Å²) in [6, 6.07) is 13.7. The molecule has 3 rings (SSSR count). The van der Waals surface area contributed by atoms with Crippen LogP contribution in [-0.4, -0.2) is 9.38 Å². The number of nitrogens with zero attached hydrogens (tertiary/aromatic N) is 2. The van der Waals surface area contributed by atoms with Gasteiger partial charge in [-0.1, -0.05) is 51.8 Å². The van der Waals surface area contributed by atoms with E-state index in [1.165, 1.54) is 0 Å². The predicted molar refractivity (Wildman–Crippen MR) is 73.3 cm³/mol. The topological polar surface area (TPSA) is 17.3 Å². The van der Waals surface area contributed by atoms with Gasteiger partial charge in [0, 0.05) is 10.0 Å².